The van der Waals surface area contributed by atoms with E-state index in [1.807, 2.05) is 54.6 Å². The first-order valence-corrected chi connectivity index (χ1v) is 37.4. The summed E-state index contributed by atoms with van der Waals surface area (Å²) < 4.78 is 26.0. The molecule has 0 bridgehead atoms. The molecule has 0 aliphatic rings. The van der Waals surface area contributed by atoms with Gasteiger partial charge in [-0.15, -0.1) is 82.3 Å². The third-order valence-corrected chi connectivity index (χ3v) is 20.2. The number of thioether (sulfide) groups is 7. The molecule has 0 atom stereocenters. The fraction of sp³-hybridized carbons (Fsp3) is 0.258. The Labute approximate surface area is 615 Å². The molecular weight excluding hydrogens is 1510 g/mol. The van der Waals surface area contributed by atoms with Crippen LogP contribution in [0, 0.1) is 11.6 Å². The summed E-state index contributed by atoms with van der Waals surface area (Å²) in [7, 11) is 0. The Morgan fingerprint density at radius 2 is 0.677 bits per heavy atom. The zero-order valence-corrected chi connectivity index (χ0v) is 61.1. The van der Waals surface area contributed by atoms with Gasteiger partial charge in [0.25, 0.3) is 0 Å². The van der Waals surface area contributed by atoms with Gasteiger partial charge in [-0.1, -0.05) is 131 Å². The summed E-state index contributed by atoms with van der Waals surface area (Å²) in [4.78, 5) is 77.2. The lowest BCUT2D eigenvalue weighted by Gasteiger charge is -2.03. The number of unbranched alkanes of at least 4 members (excludes halogenated alkanes) is 4. The molecule has 0 unspecified atom stereocenters. The SMILES string of the molecule is O=C(O)CCCCCSc1ccc(Cl)c(Cl)c1.O=C(O)CCCCCSc1ccccc1F.O=C(O)CCSc1cccc(Cl)c1.O=C(O)CCSc1ccccc1Cl.O=C(O)CSc1ccc(Cl)c(Cl)c1.O=C(O)CSc1cccc(O)c1.O=C(O)CSc1ccccc1F. The molecule has 30 heteroatoms. The average Bonchev–Trinajstić information content (AvgIpc) is 3.27. The smallest absolute Gasteiger partial charge is 0.313 e. The number of carbonyl (C=O) groups is 7. The molecule has 520 valence electrons. The second-order valence-electron chi connectivity index (χ2n) is 18.5. The first-order chi connectivity index (χ1) is 45.6. The van der Waals surface area contributed by atoms with Gasteiger partial charge in [0.1, 0.15) is 17.4 Å². The van der Waals surface area contributed by atoms with Crippen LogP contribution in [0.4, 0.5) is 8.78 Å². The van der Waals surface area contributed by atoms with Crippen LogP contribution in [0.25, 0.3) is 0 Å². The van der Waals surface area contributed by atoms with E-state index in [0.29, 0.717) is 57.9 Å². The summed E-state index contributed by atoms with van der Waals surface area (Å²) in [6.45, 7) is 0. The Bertz CT molecular complexity index is 3500. The van der Waals surface area contributed by atoms with Gasteiger partial charge in [-0.05, 0) is 146 Å². The topological polar surface area (TPSA) is 281 Å². The van der Waals surface area contributed by atoms with Crippen molar-refractivity contribution in [2.24, 2.45) is 0 Å². The minimum Gasteiger partial charge on any atom is -0.508 e. The molecule has 0 saturated heterocycles. The van der Waals surface area contributed by atoms with Gasteiger partial charge in [0.15, 0.2) is 0 Å². The van der Waals surface area contributed by atoms with Crippen LogP contribution in [0.2, 0.25) is 30.1 Å². The molecule has 7 rings (SSSR count). The number of hydrogen-bond donors (Lipinski definition) is 8. The van der Waals surface area contributed by atoms with Gasteiger partial charge < -0.3 is 40.9 Å². The van der Waals surface area contributed by atoms with E-state index in [9.17, 15) is 42.3 Å². The van der Waals surface area contributed by atoms with Crippen molar-refractivity contribution in [3.05, 3.63) is 199 Å². The fourth-order valence-corrected chi connectivity index (χ4v) is 13.3. The number of carboxylic acids is 7. The highest BCUT2D eigenvalue weighted by molar-refractivity contribution is 8.01. The monoisotopic (exact) mass is 1570 g/mol. The first kappa shape index (κ1) is 88.7. The van der Waals surface area contributed by atoms with Gasteiger partial charge in [-0.2, -0.15) is 0 Å². The highest BCUT2D eigenvalue weighted by atomic mass is 35.5. The van der Waals surface area contributed by atoms with Crippen molar-refractivity contribution in [3.63, 3.8) is 0 Å². The molecule has 7 aromatic carbocycles. The van der Waals surface area contributed by atoms with Crippen molar-refractivity contribution in [1.82, 2.24) is 0 Å². The van der Waals surface area contributed by atoms with Crippen molar-refractivity contribution in [2.75, 3.05) is 40.3 Å². The molecule has 0 radical (unpaired) electrons. The third kappa shape index (κ3) is 48.4. The average molecular weight is 1580 g/mol. The van der Waals surface area contributed by atoms with E-state index in [0.717, 1.165) is 79.8 Å². The van der Waals surface area contributed by atoms with Gasteiger partial charge in [0.05, 0.1) is 55.2 Å². The molecule has 0 saturated carbocycles. The van der Waals surface area contributed by atoms with E-state index in [1.54, 1.807) is 96.7 Å². The lowest BCUT2D eigenvalue weighted by molar-refractivity contribution is -0.138. The molecule has 0 aromatic heterocycles. The maximum Gasteiger partial charge on any atom is 0.313 e. The number of rotatable bonds is 31. The standard InChI is InChI=1S/C12H14Cl2O2S.C12H15FO2S.2C9H9ClO2S.C8H6Cl2O2S.C8H7FO2S.C8H8O3S/c13-10-6-5-9(8-11(10)14)17-7-3-1-2-4-12(15)16;13-10-6-3-4-7-11(10)16-9-5-1-2-8-12(14)15;10-7-2-1-3-8(6-7)13-5-4-9(11)12;10-7-3-1-2-4-8(7)13-6-5-9(11)12;9-6-2-1-5(3-7(6)10)13-4-8(11)12;9-6-3-1-2-4-7(6)12-5-8(10)11;9-6-2-1-3-7(4-6)12-5-8(10)11/h5-6,8H,1-4,7H2,(H,15,16);3-4,6-7H,1-2,5,8-9H2,(H,14,15);1-3,6H,4-5H2,(H,11,12);1-4H,5-6H2,(H,11,12);1-3H,4H2,(H,11,12);1-4H,5H2,(H,10,11);1-4,9H,5H2,(H,10,11). The summed E-state index contributed by atoms with van der Waals surface area (Å²) in [5.41, 5.74) is 0. The van der Waals surface area contributed by atoms with E-state index in [-0.39, 0.29) is 60.3 Å². The third-order valence-electron chi connectivity index (χ3n) is 10.7. The minimum atomic E-state index is -0.941. The Morgan fingerprint density at radius 1 is 0.302 bits per heavy atom. The molecule has 0 fully saturated rings. The highest BCUT2D eigenvalue weighted by Gasteiger charge is 2.08. The summed E-state index contributed by atoms with van der Waals surface area (Å²) in [5, 5.41) is 71.3. The summed E-state index contributed by atoms with van der Waals surface area (Å²) >= 11 is 44.3. The molecule has 8 N–H and O–H groups in total. The Hall–Kier alpha value is -5.32. The van der Waals surface area contributed by atoms with Gasteiger partial charge in [0, 0.05) is 63.6 Å². The fourth-order valence-electron chi connectivity index (χ4n) is 6.37. The van der Waals surface area contributed by atoms with Crippen molar-refractivity contribution in [1.29, 1.82) is 0 Å². The maximum absolute atomic E-state index is 13.2. The van der Waals surface area contributed by atoms with Crippen molar-refractivity contribution >= 4 is 194 Å². The second kappa shape index (κ2) is 54.6. The summed E-state index contributed by atoms with van der Waals surface area (Å²) in [5.74, 6) is -3.19. The first-order valence-electron chi connectivity index (χ1n) is 28.3. The quantitative estimate of drug-likeness (QED) is 0.0148. The second-order valence-corrected chi connectivity index (χ2v) is 28.7. The van der Waals surface area contributed by atoms with Gasteiger partial charge in [0.2, 0.25) is 0 Å². The largest absolute Gasteiger partial charge is 0.508 e. The zero-order chi connectivity index (χ0) is 71.6. The molecule has 0 heterocycles. The zero-order valence-electron chi connectivity index (χ0n) is 50.8. The normalized spacial score (nSPS) is 10.0. The Morgan fingerprint density at radius 3 is 1.11 bits per heavy atom. The van der Waals surface area contributed by atoms with Gasteiger partial charge >= 0.3 is 41.8 Å². The molecular formula is C66H68Cl6F2O15S7. The lowest BCUT2D eigenvalue weighted by Crippen LogP contribution is -1.97. The van der Waals surface area contributed by atoms with E-state index in [1.165, 1.54) is 77.0 Å². The molecule has 0 aliphatic carbocycles. The van der Waals surface area contributed by atoms with Crippen molar-refractivity contribution < 1.29 is 83.2 Å². The molecule has 15 nitrogen and oxygen atoms in total. The number of aromatic hydroxyl groups is 1. The predicted molar refractivity (Wildman–Crippen MR) is 391 cm³/mol. The van der Waals surface area contributed by atoms with Gasteiger partial charge in [-0.3, -0.25) is 33.6 Å². The number of phenols is 1. The van der Waals surface area contributed by atoms with Crippen LogP contribution in [0.5, 0.6) is 5.75 Å². The number of phenolic OH excluding ortho intramolecular Hbond substituents is 1. The molecule has 96 heavy (non-hydrogen) atoms. The minimum absolute atomic E-state index is 0.0173. The van der Waals surface area contributed by atoms with E-state index in [4.69, 9.17) is 110 Å². The highest BCUT2D eigenvalue weighted by Crippen LogP contribution is 2.31. The number of hydrogen-bond acceptors (Lipinski definition) is 15. The molecule has 0 spiro atoms. The predicted octanol–water partition coefficient (Wildman–Crippen LogP) is 20.8. The van der Waals surface area contributed by atoms with Crippen LogP contribution in [0.3, 0.4) is 0 Å². The van der Waals surface area contributed by atoms with E-state index < -0.39 is 41.8 Å². The van der Waals surface area contributed by atoms with Crippen LogP contribution in [0.15, 0.2) is 192 Å². The number of aliphatic carboxylic acids is 7. The van der Waals surface area contributed by atoms with Crippen molar-refractivity contribution in [2.45, 2.75) is 98.5 Å². The molecule has 0 aliphatic heterocycles. The van der Waals surface area contributed by atoms with Crippen LogP contribution in [0.1, 0.15) is 64.2 Å². The van der Waals surface area contributed by atoms with Crippen molar-refractivity contribution in [3.8, 4) is 5.75 Å². The summed E-state index contributed by atoms with van der Waals surface area (Å²) in [6, 6.07) is 44.8. The van der Waals surface area contributed by atoms with Gasteiger partial charge in [-0.25, -0.2) is 8.78 Å². The number of halogens is 8. The lowest BCUT2D eigenvalue weighted by atomic mass is 10.2. The Balaban J connectivity index is 0.000000562. The summed E-state index contributed by atoms with van der Waals surface area (Å²) in [6.07, 6.45) is 6.04. The van der Waals surface area contributed by atoms with Crippen LogP contribution in [-0.2, 0) is 33.6 Å². The van der Waals surface area contributed by atoms with Crippen LogP contribution in [-0.4, -0.2) is 123 Å². The van der Waals surface area contributed by atoms with Crippen LogP contribution < -0.4 is 0 Å². The van der Waals surface area contributed by atoms with E-state index in [2.05, 4.69) is 0 Å². The maximum atomic E-state index is 13.2. The van der Waals surface area contributed by atoms with Crippen LogP contribution >= 0.6 is 152 Å². The number of benzene rings is 7. The molecule has 7 aromatic rings. The Kier molecular flexibility index (Phi) is 50.4. The molecule has 0 amide bonds. The van der Waals surface area contributed by atoms with E-state index >= 15 is 0 Å². The number of carboxylic acid groups (broad SMARTS) is 7.